The molecule has 0 aliphatic carbocycles. The standard InChI is InChI=1S/C46H81NO5/c1-3-5-7-9-11-13-15-17-19-21-23-25-27-30-34-38-43(39-35-31-29-32-36-40-44(48)47-42-45(49)50)52-46(51)41-37-33-28-26-24-22-20-18-16-14-12-10-8-6-4-2/h6,8,12,14,18,20,24,26,43H,3-5,7,9-11,13,15-17,19,21-23,25,27-42H2,1-2H3,(H,47,48)(H,49,50)/b8-6-,14-12-,20-18-,26-24-. The second kappa shape index (κ2) is 41.1. The second-order valence-corrected chi connectivity index (χ2v) is 14.6. The Morgan fingerprint density at radius 3 is 1.42 bits per heavy atom. The molecule has 6 heteroatoms. The second-order valence-electron chi connectivity index (χ2n) is 14.6. The lowest BCUT2D eigenvalue weighted by Crippen LogP contribution is -2.28. The summed E-state index contributed by atoms with van der Waals surface area (Å²) < 4.78 is 6.02. The molecule has 0 saturated heterocycles. The minimum Gasteiger partial charge on any atom is -0.480 e. The van der Waals surface area contributed by atoms with Gasteiger partial charge in [0.05, 0.1) is 0 Å². The molecule has 300 valence electrons. The smallest absolute Gasteiger partial charge is 0.322 e. The minimum atomic E-state index is -1.02. The van der Waals surface area contributed by atoms with Gasteiger partial charge in [-0.05, 0) is 77.0 Å². The number of unbranched alkanes of at least 4 members (excludes halogenated alkanes) is 20. The van der Waals surface area contributed by atoms with Crippen LogP contribution in [0.5, 0.6) is 0 Å². The molecule has 0 spiro atoms. The molecule has 0 aromatic rings. The van der Waals surface area contributed by atoms with Crippen molar-refractivity contribution in [2.45, 2.75) is 219 Å². The van der Waals surface area contributed by atoms with Crippen molar-refractivity contribution in [3.05, 3.63) is 48.6 Å². The normalized spacial score (nSPS) is 12.5. The van der Waals surface area contributed by atoms with E-state index in [2.05, 4.69) is 67.8 Å². The van der Waals surface area contributed by atoms with Gasteiger partial charge in [-0.1, -0.05) is 172 Å². The van der Waals surface area contributed by atoms with E-state index in [1.165, 1.54) is 89.9 Å². The molecule has 52 heavy (non-hydrogen) atoms. The maximum Gasteiger partial charge on any atom is 0.322 e. The number of nitrogens with one attached hydrogen (secondary N) is 1. The zero-order valence-electron chi connectivity index (χ0n) is 33.9. The first-order valence-corrected chi connectivity index (χ1v) is 21.8. The Morgan fingerprint density at radius 2 is 0.942 bits per heavy atom. The molecule has 1 unspecified atom stereocenters. The van der Waals surface area contributed by atoms with E-state index in [-0.39, 0.29) is 24.5 Å². The Morgan fingerprint density at radius 1 is 0.519 bits per heavy atom. The van der Waals surface area contributed by atoms with Crippen LogP contribution in [0, 0.1) is 0 Å². The number of allylic oxidation sites excluding steroid dienone is 8. The summed E-state index contributed by atoms with van der Waals surface area (Å²) in [6, 6.07) is 0. The van der Waals surface area contributed by atoms with Crippen LogP contribution in [-0.4, -0.2) is 35.6 Å². The molecule has 0 aromatic heterocycles. The van der Waals surface area contributed by atoms with Gasteiger partial charge < -0.3 is 15.2 Å². The summed E-state index contributed by atoms with van der Waals surface area (Å²) in [5.74, 6) is -1.27. The summed E-state index contributed by atoms with van der Waals surface area (Å²) in [4.78, 5) is 35.0. The van der Waals surface area contributed by atoms with Crippen molar-refractivity contribution >= 4 is 17.8 Å². The fourth-order valence-corrected chi connectivity index (χ4v) is 6.33. The fraction of sp³-hybridized carbons (Fsp3) is 0.761. The van der Waals surface area contributed by atoms with E-state index in [1.807, 2.05) is 0 Å². The highest BCUT2D eigenvalue weighted by Crippen LogP contribution is 2.19. The lowest BCUT2D eigenvalue weighted by atomic mass is 10.0. The van der Waals surface area contributed by atoms with Gasteiger partial charge in [0, 0.05) is 12.8 Å². The summed E-state index contributed by atoms with van der Waals surface area (Å²) in [5.41, 5.74) is 0. The fourth-order valence-electron chi connectivity index (χ4n) is 6.33. The van der Waals surface area contributed by atoms with Crippen molar-refractivity contribution in [1.29, 1.82) is 0 Å². The SMILES string of the molecule is CC/C=C\C/C=C\C/C=C\C/C=C\CCCCC(=O)OC(CCCCCCCCCCCCCCCCC)CCCCCCCC(=O)NCC(=O)O. The highest BCUT2D eigenvalue weighted by atomic mass is 16.5. The third-order valence-electron chi connectivity index (χ3n) is 9.52. The molecule has 6 nitrogen and oxygen atoms in total. The van der Waals surface area contributed by atoms with Crippen molar-refractivity contribution in [2.75, 3.05) is 6.54 Å². The van der Waals surface area contributed by atoms with E-state index in [4.69, 9.17) is 9.84 Å². The molecule has 0 aliphatic rings. The van der Waals surface area contributed by atoms with Gasteiger partial charge in [0.1, 0.15) is 12.6 Å². The molecule has 0 heterocycles. The van der Waals surface area contributed by atoms with Crippen molar-refractivity contribution in [2.24, 2.45) is 0 Å². The van der Waals surface area contributed by atoms with Gasteiger partial charge in [-0.3, -0.25) is 14.4 Å². The number of rotatable bonds is 39. The molecular weight excluding hydrogens is 647 g/mol. The average molecular weight is 728 g/mol. The minimum absolute atomic E-state index is 0.00519. The maximum atomic E-state index is 12.7. The molecule has 2 N–H and O–H groups in total. The summed E-state index contributed by atoms with van der Waals surface area (Å²) in [6.45, 7) is 4.12. The Hall–Kier alpha value is -2.63. The van der Waals surface area contributed by atoms with Crippen LogP contribution in [0.1, 0.15) is 213 Å². The number of carboxylic acids is 1. The first-order chi connectivity index (χ1) is 25.5. The van der Waals surface area contributed by atoms with E-state index in [0.29, 0.717) is 12.8 Å². The first kappa shape index (κ1) is 49.4. The van der Waals surface area contributed by atoms with E-state index >= 15 is 0 Å². The molecule has 1 amide bonds. The van der Waals surface area contributed by atoms with Crippen LogP contribution in [0.4, 0.5) is 0 Å². The van der Waals surface area contributed by atoms with Crippen LogP contribution >= 0.6 is 0 Å². The van der Waals surface area contributed by atoms with Crippen LogP contribution in [0.15, 0.2) is 48.6 Å². The molecule has 1 atom stereocenters. The predicted octanol–water partition coefficient (Wildman–Crippen LogP) is 13.5. The quantitative estimate of drug-likeness (QED) is 0.0373. The number of ether oxygens (including phenoxy) is 1. The number of esters is 1. The summed E-state index contributed by atoms with van der Waals surface area (Å²) in [7, 11) is 0. The third-order valence-corrected chi connectivity index (χ3v) is 9.52. The van der Waals surface area contributed by atoms with Crippen molar-refractivity contribution in [3.8, 4) is 0 Å². The van der Waals surface area contributed by atoms with Crippen LogP contribution < -0.4 is 5.32 Å². The number of amides is 1. The molecular formula is C46H81NO5. The van der Waals surface area contributed by atoms with Gasteiger partial charge in [0.2, 0.25) is 5.91 Å². The molecule has 0 aromatic carbocycles. The number of hydrogen-bond donors (Lipinski definition) is 2. The number of aliphatic carboxylic acids is 1. The zero-order chi connectivity index (χ0) is 38.0. The largest absolute Gasteiger partial charge is 0.480 e. The number of carboxylic acid groups (broad SMARTS) is 1. The molecule has 0 bridgehead atoms. The van der Waals surface area contributed by atoms with Crippen LogP contribution in [-0.2, 0) is 19.1 Å². The predicted molar refractivity (Wildman–Crippen MR) is 222 cm³/mol. The van der Waals surface area contributed by atoms with E-state index in [9.17, 15) is 14.4 Å². The zero-order valence-corrected chi connectivity index (χ0v) is 33.9. The van der Waals surface area contributed by atoms with Gasteiger partial charge >= 0.3 is 11.9 Å². The lowest BCUT2D eigenvalue weighted by molar-refractivity contribution is -0.150. The molecule has 0 rings (SSSR count). The monoisotopic (exact) mass is 728 g/mol. The number of hydrogen-bond acceptors (Lipinski definition) is 4. The Labute approximate surface area is 320 Å². The lowest BCUT2D eigenvalue weighted by Gasteiger charge is -2.18. The van der Waals surface area contributed by atoms with E-state index in [0.717, 1.165) is 96.3 Å². The van der Waals surface area contributed by atoms with Gasteiger partial charge in [-0.2, -0.15) is 0 Å². The van der Waals surface area contributed by atoms with Gasteiger partial charge in [0.15, 0.2) is 0 Å². The molecule has 0 saturated carbocycles. The average Bonchev–Trinajstić information content (AvgIpc) is 3.13. The Kier molecular flexibility index (Phi) is 39.1. The van der Waals surface area contributed by atoms with Gasteiger partial charge in [0.25, 0.3) is 0 Å². The third kappa shape index (κ3) is 40.1. The van der Waals surface area contributed by atoms with Crippen LogP contribution in [0.2, 0.25) is 0 Å². The van der Waals surface area contributed by atoms with Crippen LogP contribution in [0.3, 0.4) is 0 Å². The molecule has 0 aliphatic heterocycles. The van der Waals surface area contributed by atoms with Crippen molar-refractivity contribution in [3.63, 3.8) is 0 Å². The van der Waals surface area contributed by atoms with Gasteiger partial charge in [-0.15, -0.1) is 0 Å². The molecule has 0 fully saturated rings. The van der Waals surface area contributed by atoms with E-state index in [1.54, 1.807) is 0 Å². The number of carbonyl (C=O) groups excluding carboxylic acids is 2. The van der Waals surface area contributed by atoms with E-state index < -0.39 is 5.97 Å². The highest BCUT2D eigenvalue weighted by molar-refractivity contribution is 5.80. The van der Waals surface area contributed by atoms with Crippen molar-refractivity contribution in [1.82, 2.24) is 5.32 Å². The van der Waals surface area contributed by atoms with Crippen molar-refractivity contribution < 1.29 is 24.2 Å². The number of carbonyl (C=O) groups is 3. The first-order valence-electron chi connectivity index (χ1n) is 21.8. The summed E-state index contributed by atoms with van der Waals surface area (Å²) >= 11 is 0. The summed E-state index contributed by atoms with van der Waals surface area (Å²) in [6.07, 6.45) is 52.3. The summed E-state index contributed by atoms with van der Waals surface area (Å²) in [5, 5.41) is 11.1. The molecule has 0 radical (unpaired) electrons. The Balaban J connectivity index is 4.25. The highest BCUT2D eigenvalue weighted by Gasteiger charge is 2.14. The Bertz CT molecular complexity index is 937. The maximum absolute atomic E-state index is 12.7. The van der Waals surface area contributed by atoms with Gasteiger partial charge in [-0.25, -0.2) is 0 Å². The van der Waals surface area contributed by atoms with Crippen LogP contribution in [0.25, 0.3) is 0 Å². The topological polar surface area (TPSA) is 92.7 Å².